The van der Waals surface area contributed by atoms with E-state index in [0.29, 0.717) is 12.1 Å². The number of amides is 1. The lowest BCUT2D eigenvalue weighted by molar-refractivity contribution is -0.133. The van der Waals surface area contributed by atoms with Gasteiger partial charge in [-0.1, -0.05) is 6.92 Å². The van der Waals surface area contributed by atoms with Gasteiger partial charge in [0.05, 0.1) is 0 Å². The highest BCUT2D eigenvalue weighted by molar-refractivity contribution is 5.74. The lowest BCUT2D eigenvalue weighted by Gasteiger charge is -2.37. The summed E-state index contributed by atoms with van der Waals surface area (Å²) in [7, 11) is 0. The monoisotopic (exact) mass is 167 g/mol. The fraction of sp³-hybridized carbons (Fsp3) is 0.900. The van der Waals surface area contributed by atoms with Crippen LogP contribution in [0.3, 0.4) is 0 Å². The van der Waals surface area contributed by atoms with Crippen LogP contribution in [-0.2, 0) is 4.79 Å². The van der Waals surface area contributed by atoms with Gasteiger partial charge in [0.15, 0.2) is 0 Å². The molecule has 1 amide bonds. The normalized spacial score (nSPS) is 40.2. The van der Waals surface area contributed by atoms with Crippen LogP contribution in [0.4, 0.5) is 0 Å². The van der Waals surface area contributed by atoms with Crippen LogP contribution in [0.25, 0.3) is 0 Å². The molecule has 2 nitrogen and oxygen atoms in total. The Labute approximate surface area is 73.9 Å². The standard InChI is InChI=1S/C10H17NO/c1-7-5-9-3-4-10(6-7)11(9)8(2)12/h7,9-10H,3-6H2,1-2H3/t7-,9+,10-. The van der Waals surface area contributed by atoms with Gasteiger partial charge in [-0.05, 0) is 31.6 Å². The van der Waals surface area contributed by atoms with Crippen molar-refractivity contribution in [2.45, 2.75) is 51.6 Å². The molecule has 0 saturated carbocycles. The van der Waals surface area contributed by atoms with E-state index in [1.807, 2.05) is 0 Å². The van der Waals surface area contributed by atoms with Crippen molar-refractivity contribution in [3.8, 4) is 0 Å². The summed E-state index contributed by atoms with van der Waals surface area (Å²) in [5.41, 5.74) is 0. The second-order valence-electron chi connectivity index (χ2n) is 4.39. The summed E-state index contributed by atoms with van der Waals surface area (Å²) in [6.07, 6.45) is 4.95. The Bertz CT molecular complexity index is 188. The molecule has 0 radical (unpaired) electrons. The largest absolute Gasteiger partial charge is 0.337 e. The topological polar surface area (TPSA) is 20.3 Å². The maximum atomic E-state index is 11.3. The quantitative estimate of drug-likeness (QED) is 0.538. The van der Waals surface area contributed by atoms with Crippen LogP contribution in [0.5, 0.6) is 0 Å². The number of hydrogen-bond acceptors (Lipinski definition) is 1. The molecule has 2 aliphatic rings. The second kappa shape index (κ2) is 2.75. The highest BCUT2D eigenvalue weighted by atomic mass is 16.2. The van der Waals surface area contributed by atoms with Crippen molar-refractivity contribution in [1.29, 1.82) is 0 Å². The van der Waals surface area contributed by atoms with E-state index in [-0.39, 0.29) is 5.91 Å². The lowest BCUT2D eigenvalue weighted by Crippen LogP contribution is -2.44. The Morgan fingerprint density at radius 1 is 1.25 bits per heavy atom. The van der Waals surface area contributed by atoms with Crippen LogP contribution in [0, 0.1) is 5.92 Å². The zero-order valence-electron chi connectivity index (χ0n) is 7.92. The highest BCUT2D eigenvalue weighted by Crippen LogP contribution is 2.38. The lowest BCUT2D eigenvalue weighted by atomic mass is 9.92. The average molecular weight is 167 g/mol. The summed E-state index contributed by atoms with van der Waals surface area (Å²) in [5.74, 6) is 1.12. The Kier molecular flexibility index (Phi) is 1.85. The van der Waals surface area contributed by atoms with Crippen LogP contribution < -0.4 is 0 Å². The highest BCUT2D eigenvalue weighted by Gasteiger charge is 2.40. The second-order valence-corrected chi connectivity index (χ2v) is 4.39. The van der Waals surface area contributed by atoms with Crippen LogP contribution in [0.15, 0.2) is 0 Å². The van der Waals surface area contributed by atoms with E-state index in [2.05, 4.69) is 11.8 Å². The summed E-state index contributed by atoms with van der Waals surface area (Å²) >= 11 is 0. The summed E-state index contributed by atoms with van der Waals surface area (Å²) in [4.78, 5) is 13.4. The van der Waals surface area contributed by atoms with Gasteiger partial charge in [0, 0.05) is 19.0 Å². The van der Waals surface area contributed by atoms with Crippen LogP contribution in [-0.4, -0.2) is 22.9 Å². The third-order valence-electron chi connectivity index (χ3n) is 3.33. The molecule has 12 heavy (non-hydrogen) atoms. The van der Waals surface area contributed by atoms with Gasteiger partial charge >= 0.3 is 0 Å². The first-order valence-corrected chi connectivity index (χ1v) is 4.97. The Hall–Kier alpha value is -0.530. The molecule has 2 aliphatic heterocycles. The third-order valence-corrected chi connectivity index (χ3v) is 3.33. The van der Waals surface area contributed by atoms with Crippen LogP contribution in [0.1, 0.15) is 39.5 Å². The molecule has 2 bridgehead atoms. The van der Waals surface area contributed by atoms with E-state index in [9.17, 15) is 4.79 Å². The van der Waals surface area contributed by atoms with Crippen molar-refractivity contribution < 1.29 is 4.79 Å². The molecule has 2 heterocycles. The van der Waals surface area contributed by atoms with E-state index in [1.54, 1.807) is 6.92 Å². The molecule has 0 aliphatic carbocycles. The first-order valence-electron chi connectivity index (χ1n) is 4.97. The maximum absolute atomic E-state index is 11.3. The zero-order valence-corrected chi connectivity index (χ0v) is 7.92. The molecule has 2 saturated heterocycles. The molecule has 0 aromatic heterocycles. The molecule has 0 N–H and O–H groups in total. The van der Waals surface area contributed by atoms with Crippen molar-refractivity contribution in [3.05, 3.63) is 0 Å². The number of nitrogens with zero attached hydrogens (tertiary/aromatic N) is 1. The summed E-state index contributed by atoms with van der Waals surface area (Å²) in [6.45, 7) is 4.02. The van der Waals surface area contributed by atoms with E-state index in [4.69, 9.17) is 0 Å². The van der Waals surface area contributed by atoms with Crippen molar-refractivity contribution in [2.24, 2.45) is 5.92 Å². The molecule has 2 heteroatoms. The molecule has 0 aromatic rings. The van der Waals surface area contributed by atoms with Crippen LogP contribution in [0.2, 0.25) is 0 Å². The maximum Gasteiger partial charge on any atom is 0.219 e. The molecule has 2 rings (SSSR count). The molecule has 2 fully saturated rings. The Morgan fingerprint density at radius 3 is 2.17 bits per heavy atom. The van der Waals surface area contributed by atoms with Crippen molar-refractivity contribution >= 4 is 5.91 Å². The van der Waals surface area contributed by atoms with Gasteiger partial charge in [-0.3, -0.25) is 4.79 Å². The van der Waals surface area contributed by atoms with E-state index >= 15 is 0 Å². The average Bonchev–Trinajstić information content (AvgIpc) is 2.24. The predicted molar refractivity (Wildman–Crippen MR) is 47.7 cm³/mol. The number of hydrogen-bond donors (Lipinski definition) is 0. The van der Waals surface area contributed by atoms with Crippen molar-refractivity contribution in [2.75, 3.05) is 0 Å². The van der Waals surface area contributed by atoms with Gasteiger partial charge in [0.1, 0.15) is 0 Å². The van der Waals surface area contributed by atoms with Gasteiger partial charge < -0.3 is 4.90 Å². The number of fused-ring (bicyclic) bond motifs is 2. The van der Waals surface area contributed by atoms with E-state index in [1.165, 1.54) is 25.7 Å². The van der Waals surface area contributed by atoms with Gasteiger partial charge in [0.2, 0.25) is 5.91 Å². The predicted octanol–water partition coefficient (Wildman–Crippen LogP) is 1.80. The molecule has 68 valence electrons. The Balaban J connectivity index is 2.14. The number of carbonyl (C=O) groups excluding carboxylic acids is 1. The zero-order chi connectivity index (χ0) is 8.72. The van der Waals surface area contributed by atoms with Gasteiger partial charge in [0.25, 0.3) is 0 Å². The molecule has 0 spiro atoms. The fourth-order valence-corrected chi connectivity index (χ4v) is 2.96. The minimum Gasteiger partial charge on any atom is -0.337 e. The summed E-state index contributed by atoms with van der Waals surface area (Å²) < 4.78 is 0. The molecular formula is C10H17NO. The fourth-order valence-electron chi connectivity index (χ4n) is 2.96. The minimum absolute atomic E-state index is 0.286. The first kappa shape index (κ1) is 8.09. The van der Waals surface area contributed by atoms with Gasteiger partial charge in [-0.2, -0.15) is 0 Å². The molecular weight excluding hydrogens is 150 g/mol. The minimum atomic E-state index is 0.286. The first-order chi connectivity index (χ1) is 5.68. The smallest absolute Gasteiger partial charge is 0.219 e. The third kappa shape index (κ3) is 1.13. The SMILES string of the molecule is CC(=O)N1[C@@H]2CC[C@H]1C[C@@H](C)C2. The van der Waals surface area contributed by atoms with Crippen LogP contribution >= 0.6 is 0 Å². The number of piperidine rings is 1. The number of carbonyl (C=O) groups is 1. The van der Waals surface area contributed by atoms with Gasteiger partial charge in [-0.25, -0.2) is 0 Å². The van der Waals surface area contributed by atoms with Crippen molar-refractivity contribution in [3.63, 3.8) is 0 Å². The van der Waals surface area contributed by atoms with Crippen molar-refractivity contribution in [1.82, 2.24) is 4.90 Å². The molecule has 0 unspecified atom stereocenters. The van der Waals surface area contributed by atoms with Gasteiger partial charge in [-0.15, -0.1) is 0 Å². The number of rotatable bonds is 0. The summed E-state index contributed by atoms with van der Waals surface area (Å²) in [6, 6.07) is 1.16. The summed E-state index contributed by atoms with van der Waals surface area (Å²) in [5, 5.41) is 0. The molecule has 3 atom stereocenters. The van der Waals surface area contributed by atoms with E-state index < -0.39 is 0 Å². The van der Waals surface area contributed by atoms with E-state index in [0.717, 1.165) is 5.92 Å². The Morgan fingerprint density at radius 2 is 1.75 bits per heavy atom. The molecule has 0 aromatic carbocycles.